The average molecular weight is 310 g/mol. The number of aryl methyl sites for hydroxylation is 1. The molecule has 0 fully saturated rings. The summed E-state index contributed by atoms with van der Waals surface area (Å²) < 4.78 is 5.48. The molecule has 0 aliphatic rings. The van der Waals surface area contributed by atoms with Crippen LogP contribution in [-0.4, -0.2) is 18.2 Å². The van der Waals surface area contributed by atoms with Gasteiger partial charge in [0.15, 0.2) is 0 Å². The number of aromatic carboxylic acids is 1. The van der Waals surface area contributed by atoms with Crippen LogP contribution in [0.5, 0.6) is 5.75 Å². The highest BCUT2D eigenvalue weighted by Gasteiger charge is 2.14. The van der Waals surface area contributed by atoms with Gasteiger partial charge in [-0.05, 0) is 64.9 Å². The first-order valence-electron chi connectivity index (χ1n) is 7.56. The highest BCUT2D eigenvalue weighted by Crippen LogP contribution is 2.34. The van der Waals surface area contributed by atoms with Gasteiger partial charge in [0.1, 0.15) is 5.75 Å². The number of carbonyl (C=O) groups is 1. The van der Waals surface area contributed by atoms with Gasteiger partial charge in [0.2, 0.25) is 0 Å². The molecule has 3 heteroatoms. The fraction of sp³-hybridized carbons (Fsp3) is 0.250. The van der Waals surface area contributed by atoms with Crippen molar-refractivity contribution >= 4 is 11.5 Å². The molecule has 0 aromatic heterocycles. The molecular formula is C20H22O3. The van der Waals surface area contributed by atoms with Crippen molar-refractivity contribution in [1.82, 2.24) is 0 Å². The molecule has 0 radical (unpaired) electrons. The van der Waals surface area contributed by atoms with Gasteiger partial charge in [0.05, 0.1) is 12.7 Å². The van der Waals surface area contributed by atoms with Crippen molar-refractivity contribution in [2.45, 2.75) is 26.7 Å². The van der Waals surface area contributed by atoms with E-state index >= 15 is 0 Å². The second-order valence-electron chi connectivity index (χ2n) is 5.92. The summed E-state index contributed by atoms with van der Waals surface area (Å²) in [4.78, 5) is 11.0. The van der Waals surface area contributed by atoms with E-state index in [4.69, 9.17) is 9.84 Å². The Morgan fingerprint density at radius 3 is 2.17 bits per heavy atom. The van der Waals surface area contributed by atoms with Crippen LogP contribution in [0.3, 0.4) is 0 Å². The van der Waals surface area contributed by atoms with Gasteiger partial charge in [-0.3, -0.25) is 0 Å². The summed E-state index contributed by atoms with van der Waals surface area (Å²) in [5.41, 5.74) is 5.34. The van der Waals surface area contributed by atoms with E-state index in [1.165, 1.54) is 0 Å². The lowest BCUT2D eigenvalue weighted by molar-refractivity contribution is 0.0697. The minimum atomic E-state index is -0.926. The lowest BCUT2D eigenvalue weighted by Crippen LogP contribution is -2.00. The Balaban J connectivity index is 2.46. The van der Waals surface area contributed by atoms with E-state index in [9.17, 15) is 4.79 Å². The summed E-state index contributed by atoms with van der Waals surface area (Å²) in [6.07, 6.45) is 0. The Hall–Kier alpha value is -2.55. The molecule has 0 aliphatic heterocycles. The molecule has 0 saturated heterocycles. The number of hydrogen-bond acceptors (Lipinski definition) is 2. The Labute approximate surface area is 137 Å². The maximum Gasteiger partial charge on any atom is 0.335 e. The molecule has 0 amide bonds. The topological polar surface area (TPSA) is 46.5 Å². The molecular weight excluding hydrogens is 288 g/mol. The normalized spacial score (nSPS) is 10.7. The lowest BCUT2D eigenvalue weighted by Gasteiger charge is -2.17. The molecule has 3 nitrogen and oxygen atoms in total. The zero-order valence-electron chi connectivity index (χ0n) is 14.0. The lowest BCUT2D eigenvalue weighted by atomic mass is 9.90. The zero-order valence-corrected chi connectivity index (χ0v) is 14.0. The number of carboxylic acids is 1. The number of ether oxygens (including phenoxy) is 1. The first-order chi connectivity index (χ1) is 10.8. The molecule has 0 bridgehead atoms. The van der Waals surface area contributed by atoms with Crippen molar-refractivity contribution in [3.8, 4) is 5.75 Å². The third kappa shape index (κ3) is 3.45. The molecule has 0 atom stereocenters. The summed E-state index contributed by atoms with van der Waals surface area (Å²) >= 11 is 0. The maximum absolute atomic E-state index is 11.0. The van der Waals surface area contributed by atoms with Gasteiger partial charge in [-0.25, -0.2) is 4.79 Å². The molecule has 2 rings (SSSR count). The van der Waals surface area contributed by atoms with Crippen LogP contribution in [0, 0.1) is 6.92 Å². The minimum Gasteiger partial charge on any atom is -0.496 e. The van der Waals surface area contributed by atoms with Gasteiger partial charge in [-0.2, -0.15) is 0 Å². The largest absolute Gasteiger partial charge is 0.496 e. The third-order valence-corrected chi connectivity index (χ3v) is 4.00. The molecule has 1 N–H and O–H groups in total. The van der Waals surface area contributed by atoms with Crippen molar-refractivity contribution in [2.24, 2.45) is 0 Å². The average Bonchev–Trinajstić information content (AvgIpc) is 2.53. The number of rotatable bonds is 5. The Kier molecular flexibility index (Phi) is 4.89. The van der Waals surface area contributed by atoms with Crippen LogP contribution < -0.4 is 4.74 Å². The molecule has 23 heavy (non-hydrogen) atoms. The van der Waals surface area contributed by atoms with E-state index in [0.717, 1.165) is 33.6 Å². The molecule has 0 aliphatic carbocycles. The van der Waals surface area contributed by atoms with Crippen molar-refractivity contribution in [2.75, 3.05) is 7.11 Å². The number of benzene rings is 2. The van der Waals surface area contributed by atoms with Crippen molar-refractivity contribution < 1.29 is 14.6 Å². The van der Waals surface area contributed by atoms with Gasteiger partial charge < -0.3 is 9.84 Å². The van der Waals surface area contributed by atoms with E-state index in [2.05, 4.69) is 26.5 Å². The number of carboxylic acid groups (broad SMARTS) is 1. The highest BCUT2D eigenvalue weighted by atomic mass is 16.5. The van der Waals surface area contributed by atoms with Crippen LogP contribution >= 0.6 is 0 Å². The highest BCUT2D eigenvalue weighted by molar-refractivity contribution is 5.89. The predicted molar refractivity (Wildman–Crippen MR) is 93.4 cm³/mol. The zero-order chi connectivity index (χ0) is 17.1. The van der Waals surface area contributed by atoms with Crippen LogP contribution in [0.25, 0.3) is 5.57 Å². The molecule has 0 heterocycles. The molecule has 2 aromatic rings. The first kappa shape index (κ1) is 16.8. The Bertz CT molecular complexity index is 740. The first-order valence-corrected chi connectivity index (χ1v) is 7.56. The minimum absolute atomic E-state index is 0.274. The van der Waals surface area contributed by atoms with Crippen molar-refractivity contribution in [3.63, 3.8) is 0 Å². The maximum atomic E-state index is 11.0. The standard InChI is InChI=1S/C20H22O3/c1-12(2)17-11-18(13(3)10-19(17)23-5)14(4)15-6-8-16(9-7-15)20(21)22/h6-12H,4H2,1-3,5H3,(H,21,22). The number of hydrogen-bond donors (Lipinski definition) is 1. The molecule has 0 saturated carbocycles. The van der Waals surface area contributed by atoms with Gasteiger partial charge >= 0.3 is 5.97 Å². The Morgan fingerprint density at radius 1 is 1.13 bits per heavy atom. The number of methoxy groups -OCH3 is 1. The van der Waals surface area contributed by atoms with E-state index in [1.807, 2.05) is 13.0 Å². The predicted octanol–water partition coefficient (Wildman–Crippen LogP) is 4.89. The van der Waals surface area contributed by atoms with Gasteiger partial charge in [0, 0.05) is 0 Å². The smallest absolute Gasteiger partial charge is 0.335 e. The van der Waals surface area contributed by atoms with Crippen LogP contribution in [0.1, 0.15) is 52.4 Å². The van der Waals surface area contributed by atoms with Crippen LogP contribution in [0.4, 0.5) is 0 Å². The fourth-order valence-electron chi connectivity index (χ4n) is 2.62. The van der Waals surface area contributed by atoms with Crippen LogP contribution in [-0.2, 0) is 0 Å². The second-order valence-corrected chi connectivity index (χ2v) is 5.92. The summed E-state index contributed by atoms with van der Waals surface area (Å²) in [6, 6.07) is 10.9. The summed E-state index contributed by atoms with van der Waals surface area (Å²) in [5, 5.41) is 8.99. The molecule has 0 spiro atoms. The molecule has 0 unspecified atom stereocenters. The molecule has 2 aromatic carbocycles. The van der Waals surface area contributed by atoms with E-state index in [1.54, 1.807) is 31.4 Å². The van der Waals surface area contributed by atoms with E-state index in [0.29, 0.717) is 5.92 Å². The van der Waals surface area contributed by atoms with E-state index < -0.39 is 5.97 Å². The monoisotopic (exact) mass is 310 g/mol. The summed E-state index contributed by atoms with van der Waals surface area (Å²) in [5.74, 6) is 0.298. The van der Waals surface area contributed by atoms with Crippen LogP contribution in [0.15, 0.2) is 43.0 Å². The van der Waals surface area contributed by atoms with Gasteiger partial charge in [-0.1, -0.05) is 32.6 Å². The van der Waals surface area contributed by atoms with Crippen molar-refractivity contribution in [1.29, 1.82) is 0 Å². The van der Waals surface area contributed by atoms with Crippen LogP contribution in [0.2, 0.25) is 0 Å². The third-order valence-electron chi connectivity index (χ3n) is 4.00. The van der Waals surface area contributed by atoms with E-state index in [-0.39, 0.29) is 5.56 Å². The molecule has 120 valence electrons. The van der Waals surface area contributed by atoms with Crippen molar-refractivity contribution in [3.05, 3.63) is 70.8 Å². The van der Waals surface area contributed by atoms with Gasteiger partial charge in [0.25, 0.3) is 0 Å². The second kappa shape index (κ2) is 6.69. The Morgan fingerprint density at radius 2 is 1.70 bits per heavy atom. The van der Waals surface area contributed by atoms with Gasteiger partial charge in [-0.15, -0.1) is 0 Å². The SMILES string of the molecule is C=C(c1ccc(C(=O)O)cc1)c1cc(C(C)C)c(OC)cc1C. The quantitative estimate of drug-likeness (QED) is 0.855. The summed E-state index contributed by atoms with van der Waals surface area (Å²) in [7, 11) is 1.68. The summed E-state index contributed by atoms with van der Waals surface area (Å²) in [6.45, 7) is 10.5. The fourth-order valence-corrected chi connectivity index (χ4v) is 2.62.